The number of hydrogen-bond acceptors (Lipinski definition) is 6. The maximum atomic E-state index is 12.4. The molecule has 4 atom stereocenters. The summed E-state index contributed by atoms with van der Waals surface area (Å²) in [6.07, 6.45) is 8.02. The van der Waals surface area contributed by atoms with Crippen LogP contribution in [0.4, 0.5) is 4.39 Å². The Bertz CT molecular complexity index is 1040. The number of halogens is 1. The quantitative estimate of drug-likeness (QED) is 0.545. The van der Waals surface area contributed by atoms with Gasteiger partial charge >= 0.3 is 0 Å². The number of likely N-dealkylation sites (tertiary alicyclic amines) is 1. The van der Waals surface area contributed by atoms with E-state index >= 15 is 0 Å². The number of pyridine rings is 1. The van der Waals surface area contributed by atoms with E-state index in [4.69, 9.17) is 4.74 Å². The highest BCUT2D eigenvalue weighted by Gasteiger charge is 2.67. The highest BCUT2D eigenvalue weighted by molar-refractivity contribution is 5.80. The first-order valence-corrected chi connectivity index (χ1v) is 10.8. The number of ether oxygens (including phenoxy) is 1. The van der Waals surface area contributed by atoms with Crippen molar-refractivity contribution in [2.24, 2.45) is 5.41 Å². The summed E-state index contributed by atoms with van der Waals surface area (Å²) in [5.74, 6) is 0.611. The van der Waals surface area contributed by atoms with Gasteiger partial charge in [-0.3, -0.25) is 9.69 Å². The number of fused-ring (bicyclic) bond motifs is 1. The molecule has 2 aromatic heterocycles. The minimum absolute atomic E-state index is 0.227. The topological polar surface area (TPSA) is 73.1 Å². The first-order valence-electron chi connectivity index (χ1n) is 10.8. The van der Waals surface area contributed by atoms with E-state index in [0.29, 0.717) is 40.2 Å². The Kier molecular flexibility index (Phi) is 6.32. The molecular formula is C24H28FN5O2. The van der Waals surface area contributed by atoms with Crippen LogP contribution in [0, 0.1) is 5.41 Å². The number of rotatable bonds is 6. The lowest BCUT2D eigenvalue weighted by molar-refractivity contribution is -0.243. The first kappa shape index (κ1) is 22.1. The van der Waals surface area contributed by atoms with Gasteiger partial charge in [-0.05, 0) is 45.0 Å². The van der Waals surface area contributed by atoms with Gasteiger partial charge in [0.25, 0.3) is 0 Å². The Morgan fingerprint density at radius 2 is 1.97 bits per heavy atom. The van der Waals surface area contributed by atoms with E-state index in [1.54, 1.807) is 48.9 Å². The van der Waals surface area contributed by atoms with Crippen molar-refractivity contribution in [1.82, 2.24) is 24.9 Å². The number of hydrogen-bond donors (Lipinski definition) is 0. The van der Waals surface area contributed by atoms with E-state index in [1.807, 2.05) is 6.07 Å². The van der Waals surface area contributed by atoms with Crippen molar-refractivity contribution in [3.63, 3.8) is 0 Å². The summed E-state index contributed by atoms with van der Waals surface area (Å²) in [7, 11) is 2.17. The minimum Gasteiger partial charge on any atom is -0.473 e. The highest BCUT2D eigenvalue weighted by Crippen LogP contribution is 2.59. The predicted molar refractivity (Wildman–Crippen MR) is 119 cm³/mol. The van der Waals surface area contributed by atoms with Gasteiger partial charge in [0, 0.05) is 34.8 Å². The van der Waals surface area contributed by atoms with Gasteiger partial charge in [0.15, 0.2) is 6.29 Å². The van der Waals surface area contributed by atoms with Gasteiger partial charge in [0.1, 0.15) is 12.8 Å². The molecule has 0 amide bonds. The van der Waals surface area contributed by atoms with Crippen LogP contribution in [0.1, 0.15) is 42.6 Å². The van der Waals surface area contributed by atoms with Gasteiger partial charge < -0.3 is 4.74 Å². The number of nitrogens with zero attached hydrogens (tertiary/aromatic N) is 5. The summed E-state index contributed by atoms with van der Waals surface area (Å²) < 4.78 is 18.4. The average Bonchev–Trinajstić information content (AvgIpc) is 3.36. The molecule has 3 aromatic rings. The number of carbonyl (C=O) groups excluding carboxylic acids is 1. The van der Waals surface area contributed by atoms with E-state index in [9.17, 15) is 9.18 Å². The van der Waals surface area contributed by atoms with Crippen LogP contribution in [-0.2, 0) is 6.67 Å². The second-order valence-corrected chi connectivity index (χ2v) is 8.37. The number of alkyl halides is 1. The molecule has 1 saturated carbocycles. The van der Waals surface area contributed by atoms with Crippen LogP contribution >= 0.6 is 0 Å². The van der Waals surface area contributed by atoms with Gasteiger partial charge in [0.05, 0.1) is 24.1 Å². The average molecular weight is 438 g/mol. The number of aldehydes is 1. The monoisotopic (exact) mass is 437 g/mol. The van der Waals surface area contributed by atoms with Crippen molar-refractivity contribution < 1.29 is 13.9 Å². The molecule has 1 aliphatic carbocycles. The van der Waals surface area contributed by atoms with Crippen LogP contribution in [-0.4, -0.2) is 56.4 Å². The van der Waals surface area contributed by atoms with Gasteiger partial charge in [-0.1, -0.05) is 19.1 Å². The van der Waals surface area contributed by atoms with Crippen LogP contribution < -0.4 is 4.74 Å². The molecule has 4 unspecified atom stereocenters. The molecule has 3 heterocycles. The van der Waals surface area contributed by atoms with Gasteiger partial charge in [-0.25, -0.2) is 9.37 Å². The summed E-state index contributed by atoms with van der Waals surface area (Å²) in [4.78, 5) is 18.6. The molecule has 5 rings (SSSR count). The summed E-state index contributed by atoms with van der Waals surface area (Å²) in [6, 6.07) is 11.8. The van der Waals surface area contributed by atoms with Crippen molar-refractivity contribution in [1.29, 1.82) is 0 Å². The molecule has 1 saturated heterocycles. The molecule has 7 nitrogen and oxygen atoms in total. The summed E-state index contributed by atoms with van der Waals surface area (Å²) in [6.45, 7) is 4.09. The van der Waals surface area contributed by atoms with Crippen LogP contribution in [0.2, 0.25) is 0 Å². The third-order valence-corrected chi connectivity index (χ3v) is 6.98. The summed E-state index contributed by atoms with van der Waals surface area (Å²) in [5.41, 5.74) is 2.32. The molecule has 0 spiro atoms. The lowest BCUT2D eigenvalue weighted by Gasteiger charge is -2.71. The fourth-order valence-electron chi connectivity index (χ4n) is 5.05. The molecule has 0 N–H and O–H groups in total. The minimum atomic E-state index is -0.474. The largest absolute Gasteiger partial charge is 0.473 e. The molecule has 2 aliphatic rings. The van der Waals surface area contributed by atoms with E-state index < -0.39 is 6.67 Å². The number of benzene rings is 1. The molecular weight excluding hydrogens is 409 g/mol. The number of piperidine rings is 1. The zero-order valence-electron chi connectivity index (χ0n) is 18.6. The van der Waals surface area contributed by atoms with E-state index in [1.165, 1.54) is 11.2 Å². The second-order valence-electron chi connectivity index (χ2n) is 8.37. The van der Waals surface area contributed by atoms with Crippen molar-refractivity contribution in [2.45, 2.75) is 51.6 Å². The van der Waals surface area contributed by atoms with Crippen molar-refractivity contribution in [3.05, 3.63) is 66.1 Å². The SMILES string of the molecule is CCC12CC(Oc3ccc(CF)cn3)C1N(C)C2C.O=Cc1ccccc1-n1nccn1. The normalized spacial score (nSPS) is 26.1. The maximum absolute atomic E-state index is 12.4. The Morgan fingerprint density at radius 1 is 1.22 bits per heavy atom. The van der Waals surface area contributed by atoms with Gasteiger partial charge in [0.2, 0.25) is 5.88 Å². The summed E-state index contributed by atoms with van der Waals surface area (Å²) in [5, 5.41) is 7.88. The second kappa shape index (κ2) is 9.16. The molecule has 1 aliphatic heterocycles. The predicted octanol–water partition coefficient (Wildman–Crippen LogP) is 3.88. The standard InChI is InChI=1S/C15H21FN2O.C9H7N3O/c1-4-15-7-12(14(15)18(3)10(15)2)19-13-6-5-11(8-16)9-17-13;13-7-8-3-1-2-4-9(8)12-10-5-6-11-12/h5-6,9-10,12,14H,4,7-8H2,1-3H3;1-7H. The molecule has 1 aromatic carbocycles. The fraction of sp³-hybridized carbons (Fsp3) is 0.417. The maximum Gasteiger partial charge on any atom is 0.213 e. The van der Waals surface area contributed by atoms with Crippen molar-refractivity contribution >= 4 is 6.29 Å². The van der Waals surface area contributed by atoms with Crippen LogP contribution in [0.5, 0.6) is 5.88 Å². The smallest absolute Gasteiger partial charge is 0.213 e. The zero-order valence-corrected chi connectivity index (χ0v) is 18.6. The zero-order chi connectivity index (χ0) is 22.7. The highest BCUT2D eigenvalue weighted by atomic mass is 19.1. The Morgan fingerprint density at radius 3 is 2.59 bits per heavy atom. The lowest BCUT2D eigenvalue weighted by Crippen LogP contribution is -2.81. The Hall–Kier alpha value is -3.13. The Balaban J connectivity index is 0.000000165. The fourth-order valence-corrected chi connectivity index (χ4v) is 5.05. The molecule has 0 bridgehead atoms. The molecule has 168 valence electrons. The third kappa shape index (κ3) is 3.79. The Labute approximate surface area is 187 Å². The number of para-hydroxylation sites is 1. The van der Waals surface area contributed by atoms with E-state index in [2.05, 4.69) is 41.0 Å². The summed E-state index contributed by atoms with van der Waals surface area (Å²) >= 11 is 0. The van der Waals surface area contributed by atoms with Crippen molar-refractivity contribution in [3.8, 4) is 11.6 Å². The van der Waals surface area contributed by atoms with E-state index in [0.717, 1.165) is 12.7 Å². The molecule has 2 fully saturated rings. The first-order chi connectivity index (χ1) is 15.5. The van der Waals surface area contributed by atoms with Crippen LogP contribution in [0.3, 0.4) is 0 Å². The number of likely N-dealkylation sites (N-methyl/N-ethyl adjacent to an activating group) is 1. The third-order valence-electron chi connectivity index (χ3n) is 6.98. The number of aromatic nitrogens is 4. The molecule has 8 heteroatoms. The lowest BCUT2D eigenvalue weighted by atomic mass is 9.50. The van der Waals surface area contributed by atoms with Gasteiger partial charge in [-0.2, -0.15) is 15.0 Å². The molecule has 0 radical (unpaired) electrons. The van der Waals surface area contributed by atoms with Crippen molar-refractivity contribution in [2.75, 3.05) is 7.05 Å². The van der Waals surface area contributed by atoms with E-state index in [-0.39, 0.29) is 6.10 Å². The number of carbonyl (C=O) groups is 1. The molecule has 32 heavy (non-hydrogen) atoms. The van der Waals surface area contributed by atoms with Gasteiger partial charge in [-0.15, -0.1) is 0 Å². The van der Waals surface area contributed by atoms with Crippen LogP contribution in [0.25, 0.3) is 5.69 Å². The van der Waals surface area contributed by atoms with Crippen LogP contribution in [0.15, 0.2) is 55.0 Å².